The summed E-state index contributed by atoms with van der Waals surface area (Å²) in [5.41, 5.74) is 2.57. The summed E-state index contributed by atoms with van der Waals surface area (Å²) in [6, 6.07) is 7.82. The monoisotopic (exact) mass is 338 g/mol. The summed E-state index contributed by atoms with van der Waals surface area (Å²) in [4.78, 5) is 26.8. The Morgan fingerprint density at radius 2 is 2.20 bits per heavy atom. The van der Waals surface area contributed by atoms with E-state index in [9.17, 15) is 4.79 Å². The van der Waals surface area contributed by atoms with Crippen LogP contribution in [-0.4, -0.2) is 52.2 Å². The fourth-order valence-corrected chi connectivity index (χ4v) is 3.02. The fraction of sp³-hybridized carbons (Fsp3) is 0.294. The van der Waals surface area contributed by atoms with Crippen LogP contribution in [0.1, 0.15) is 6.42 Å². The van der Waals surface area contributed by atoms with Gasteiger partial charge in [-0.1, -0.05) is 12.1 Å². The van der Waals surface area contributed by atoms with Crippen molar-refractivity contribution in [2.45, 2.75) is 12.6 Å². The minimum Gasteiger partial charge on any atom is -0.385 e. The fourth-order valence-electron chi connectivity index (χ4n) is 3.02. The van der Waals surface area contributed by atoms with E-state index in [2.05, 4.69) is 20.3 Å². The number of hydrogen-bond acceptors (Lipinski definition) is 7. The van der Waals surface area contributed by atoms with E-state index in [1.165, 1.54) is 0 Å². The van der Waals surface area contributed by atoms with Gasteiger partial charge in [-0.2, -0.15) is 4.98 Å². The standard InChI is InChI=1S/C17H18N6O2/c1-25-8-4-7-22-15(10-24)20-13-9-18-17(21-16(13)22)23-11-19-12-5-2-3-6-14(12)23/h2-3,5-6,9-11,15,20H,4,7-8H2,1H3. The summed E-state index contributed by atoms with van der Waals surface area (Å²) >= 11 is 0. The number of aldehydes is 1. The number of rotatable bonds is 6. The third-order valence-electron chi connectivity index (χ3n) is 4.21. The van der Waals surface area contributed by atoms with Crippen molar-refractivity contribution < 1.29 is 9.53 Å². The van der Waals surface area contributed by atoms with Crippen LogP contribution in [0.25, 0.3) is 17.0 Å². The highest BCUT2D eigenvalue weighted by Crippen LogP contribution is 2.32. The van der Waals surface area contributed by atoms with Gasteiger partial charge < -0.3 is 15.0 Å². The lowest BCUT2D eigenvalue weighted by Crippen LogP contribution is -2.38. The number of nitrogens with one attached hydrogen (secondary N) is 1. The minimum absolute atomic E-state index is 0.434. The van der Waals surface area contributed by atoms with Crippen LogP contribution < -0.4 is 10.2 Å². The van der Waals surface area contributed by atoms with Gasteiger partial charge in [0.15, 0.2) is 18.3 Å². The Hall–Kier alpha value is -3.00. The molecular formula is C17H18N6O2. The van der Waals surface area contributed by atoms with Crippen molar-refractivity contribution in [3.8, 4) is 5.95 Å². The van der Waals surface area contributed by atoms with Crippen molar-refractivity contribution in [1.82, 2.24) is 19.5 Å². The molecule has 1 aromatic carbocycles. The summed E-state index contributed by atoms with van der Waals surface area (Å²) in [5.74, 6) is 1.24. The zero-order chi connectivity index (χ0) is 17.2. The number of nitrogens with zero attached hydrogens (tertiary/aromatic N) is 5. The molecule has 25 heavy (non-hydrogen) atoms. The molecule has 1 aliphatic heterocycles. The Balaban J connectivity index is 1.72. The third kappa shape index (κ3) is 2.70. The summed E-state index contributed by atoms with van der Waals surface area (Å²) in [6.07, 6.45) is 4.66. The largest absolute Gasteiger partial charge is 0.385 e. The van der Waals surface area contributed by atoms with Gasteiger partial charge in [0.1, 0.15) is 6.33 Å². The van der Waals surface area contributed by atoms with E-state index in [0.29, 0.717) is 19.1 Å². The van der Waals surface area contributed by atoms with E-state index in [1.807, 2.05) is 33.7 Å². The normalized spacial score (nSPS) is 16.0. The second-order valence-electron chi connectivity index (χ2n) is 5.78. The van der Waals surface area contributed by atoms with Gasteiger partial charge in [0.05, 0.1) is 22.9 Å². The lowest BCUT2D eigenvalue weighted by molar-refractivity contribution is -0.108. The highest BCUT2D eigenvalue weighted by Gasteiger charge is 2.30. The van der Waals surface area contributed by atoms with Gasteiger partial charge in [0.25, 0.3) is 0 Å². The molecule has 2 aromatic heterocycles. The Bertz CT molecular complexity index is 909. The maximum absolute atomic E-state index is 11.4. The third-order valence-corrected chi connectivity index (χ3v) is 4.21. The van der Waals surface area contributed by atoms with Crippen LogP contribution in [0, 0.1) is 0 Å². The van der Waals surface area contributed by atoms with E-state index in [1.54, 1.807) is 19.6 Å². The van der Waals surface area contributed by atoms with Crippen LogP contribution in [0.5, 0.6) is 0 Å². The van der Waals surface area contributed by atoms with Crippen molar-refractivity contribution >= 4 is 28.8 Å². The number of fused-ring (bicyclic) bond motifs is 2. The molecule has 8 heteroatoms. The SMILES string of the molecule is COCCCN1c2nc(-n3cnc4ccccc43)ncc2NC1C=O. The van der Waals surface area contributed by atoms with E-state index in [4.69, 9.17) is 4.74 Å². The molecule has 8 nitrogen and oxygen atoms in total. The molecular weight excluding hydrogens is 320 g/mol. The molecule has 3 aromatic rings. The number of hydrogen-bond donors (Lipinski definition) is 1. The number of ether oxygens (including phenoxy) is 1. The highest BCUT2D eigenvalue weighted by molar-refractivity contribution is 5.82. The highest BCUT2D eigenvalue weighted by atomic mass is 16.5. The van der Waals surface area contributed by atoms with Crippen molar-refractivity contribution in [3.63, 3.8) is 0 Å². The second kappa shape index (κ2) is 6.48. The van der Waals surface area contributed by atoms with Gasteiger partial charge in [-0.05, 0) is 18.6 Å². The number of para-hydroxylation sites is 2. The molecule has 1 N–H and O–H groups in total. The van der Waals surface area contributed by atoms with Crippen LogP contribution in [0.4, 0.5) is 11.5 Å². The topological polar surface area (TPSA) is 85.2 Å². The first-order valence-electron chi connectivity index (χ1n) is 8.08. The van der Waals surface area contributed by atoms with E-state index in [0.717, 1.165) is 35.2 Å². The average molecular weight is 338 g/mol. The summed E-state index contributed by atoms with van der Waals surface area (Å²) < 4.78 is 6.95. The molecule has 0 saturated heterocycles. The van der Waals surface area contributed by atoms with Gasteiger partial charge >= 0.3 is 0 Å². The molecule has 128 valence electrons. The molecule has 0 spiro atoms. The molecule has 0 amide bonds. The molecule has 1 atom stereocenters. The van der Waals surface area contributed by atoms with Gasteiger partial charge in [-0.15, -0.1) is 0 Å². The Morgan fingerprint density at radius 3 is 3.04 bits per heavy atom. The van der Waals surface area contributed by atoms with Crippen molar-refractivity contribution in [3.05, 3.63) is 36.8 Å². The molecule has 0 bridgehead atoms. The molecule has 1 aliphatic rings. The first-order chi connectivity index (χ1) is 12.3. The quantitative estimate of drug-likeness (QED) is 0.540. The Labute approximate surface area is 144 Å². The van der Waals surface area contributed by atoms with Gasteiger partial charge in [0.2, 0.25) is 5.95 Å². The van der Waals surface area contributed by atoms with Crippen LogP contribution in [-0.2, 0) is 9.53 Å². The van der Waals surface area contributed by atoms with Crippen LogP contribution in [0.15, 0.2) is 36.8 Å². The number of aromatic nitrogens is 4. The van der Waals surface area contributed by atoms with Crippen molar-refractivity contribution in [2.75, 3.05) is 30.5 Å². The number of methoxy groups -OCH3 is 1. The van der Waals surface area contributed by atoms with E-state index < -0.39 is 6.17 Å². The van der Waals surface area contributed by atoms with E-state index in [-0.39, 0.29) is 0 Å². The molecule has 1 unspecified atom stereocenters. The first kappa shape index (κ1) is 15.5. The lowest BCUT2D eigenvalue weighted by atomic mass is 10.3. The number of carbonyl (C=O) groups excluding carboxylic acids is 1. The summed E-state index contributed by atoms with van der Waals surface area (Å²) in [5, 5.41) is 3.14. The maximum atomic E-state index is 11.4. The van der Waals surface area contributed by atoms with Gasteiger partial charge in [0, 0.05) is 20.3 Å². The lowest BCUT2D eigenvalue weighted by Gasteiger charge is -2.21. The molecule has 0 saturated carbocycles. The smallest absolute Gasteiger partial charge is 0.237 e. The number of carbonyl (C=O) groups is 1. The van der Waals surface area contributed by atoms with Crippen molar-refractivity contribution in [1.29, 1.82) is 0 Å². The zero-order valence-electron chi connectivity index (χ0n) is 13.8. The van der Waals surface area contributed by atoms with Crippen LogP contribution in [0.3, 0.4) is 0 Å². The minimum atomic E-state index is -0.434. The van der Waals surface area contributed by atoms with Crippen molar-refractivity contribution in [2.24, 2.45) is 0 Å². The summed E-state index contributed by atoms with van der Waals surface area (Å²) in [7, 11) is 1.66. The first-order valence-corrected chi connectivity index (χ1v) is 8.08. The van der Waals surface area contributed by atoms with Crippen LogP contribution >= 0.6 is 0 Å². The predicted octanol–water partition coefficient (Wildman–Crippen LogP) is 1.61. The Kier molecular flexibility index (Phi) is 4.02. The van der Waals surface area contributed by atoms with Crippen LogP contribution in [0.2, 0.25) is 0 Å². The Morgan fingerprint density at radius 1 is 1.32 bits per heavy atom. The average Bonchev–Trinajstić information content (AvgIpc) is 3.23. The predicted molar refractivity (Wildman–Crippen MR) is 94.0 cm³/mol. The molecule has 0 fully saturated rings. The maximum Gasteiger partial charge on any atom is 0.237 e. The number of benzene rings is 1. The molecule has 0 aliphatic carbocycles. The van der Waals surface area contributed by atoms with Gasteiger partial charge in [-0.3, -0.25) is 9.36 Å². The molecule has 4 rings (SSSR count). The molecule has 3 heterocycles. The summed E-state index contributed by atoms with van der Waals surface area (Å²) in [6.45, 7) is 1.29. The number of anilines is 2. The second-order valence-corrected chi connectivity index (χ2v) is 5.78. The van der Waals surface area contributed by atoms with Gasteiger partial charge in [-0.25, -0.2) is 9.97 Å². The molecule has 0 radical (unpaired) electrons. The number of imidazole rings is 1. The van der Waals surface area contributed by atoms with E-state index >= 15 is 0 Å². The zero-order valence-corrected chi connectivity index (χ0v) is 13.8.